The van der Waals surface area contributed by atoms with Gasteiger partial charge in [-0.25, -0.2) is 13.6 Å². The van der Waals surface area contributed by atoms with Crippen molar-refractivity contribution in [3.05, 3.63) is 58.1 Å². The molecule has 0 atom stereocenters. The molecule has 0 aromatic heterocycles. The molecule has 1 amide bonds. The number of anilines is 1. The van der Waals surface area contributed by atoms with Crippen molar-refractivity contribution in [2.45, 2.75) is 4.90 Å². The van der Waals surface area contributed by atoms with Crippen molar-refractivity contribution in [1.82, 2.24) is 0 Å². The van der Waals surface area contributed by atoms with Gasteiger partial charge >= 0.3 is 0 Å². The Morgan fingerprint density at radius 3 is 2.38 bits per heavy atom. The molecule has 0 saturated heterocycles. The van der Waals surface area contributed by atoms with E-state index < -0.39 is 15.9 Å². The molecule has 2 aromatic rings. The van der Waals surface area contributed by atoms with Crippen LogP contribution in [0.15, 0.2) is 47.4 Å². The number of hydrogen-bond acceptors (Lipinski definition) is 3. The highest BCUT2D eigenvalue weighted by molar-refractivity contribution is 7.89. The van der Waals surface area contributed by atoms with Gasteiger partial charge < -0.3 is 5.32 Å². The molecule has 21 heavy (non-hydrogen) atoms. The van der Waals surface area contributed by atoms with Gasteiger partial charge in [0.15, 0.2) is 0 Å². The molecule has 8 heteroatoms. The Kier molecular flexibility index (Phi) is 4.53. The van der Waals surface area contributed by atoms with Crippen molar-refractivity contribution in [2.75, 3.05) is 5.32 Å². The van der Waals surface area contributed by atoms with E-state index in [-0.39, 0.29) is 21.2 Å². The summed E-state index contributed by atoms with van der Waals surface area (Å²) in [6, 6.07) is 10.2. The Balaban J connectivity index is 2.37. The quantitative estimate of drug-likeness (QED) is 0.896. The summed E-state index contributed by atoms with van der Waals surface area (Å²) in [7, 11) is -3.95. The highest BCUT2D eigenvalue weighted by Crippen LogP contribution is 2.24. The van der Waals surface area contributed by atoms with Crippen LogP contribution < -0.4 is 10.5 Å². The third kappa shape index (κ3) is 3.74. The summed E-state index contributed by atoms with van der Waals surface area (Å²) in [5, 5.41) is 8.12. The number of para-hydroxylation sites is 1. The second-order valence-corrected chi connectivity index (χ2v) is 6.49. The first-order valence-electron chi connectivity index (χ1n) is 5.67. The molecule has 0 spiro atoms. The largest absolute Gasteiger partial charge is 0.321 e. The molecule has 2 aromatic carbocycles. The summed E-state index contributed by atoms with van der Waals surface area (Å²) in [6.45, 7) is 0. The van der Waals surface area contributed by atoms with Crippen LogP contribution in [0.1, 0.15) is 10.4 Å². The number of halogens is 2. The van der Waals surface area contributed by atoms with Gasteiger partial charge in [-0.05, 0) is 30.3 Å². The van der Waals surface area contributed by atoms with E-state index in [1.807, 2.05) is 0 Å². The summed E-state index contributed by atoms with van der Waals surface area (Å²) >= 11 is 11.7. The lowest BCUT2D eigenvalue weighted by Crippen LogP contribution is -2.18. The fourth-order valence-corrected chi connectivity index (χ4v) is 2.87. The molecule has 3 N–H and O–H groups in total. The van der Waals surface area contributed by atoms with E-state index >= 15 is 0 Å². The third-order valence-electron chi connectivity index (χ3n) is 2.62. The maximum absolute atomic E-state index is 12.2. The van der Waals surface area contributed by atoms with Gasteiger partial charge in [0.05, 0.1) is 16.3 Å². The van der Waals surface area contributed by atoms with Crippen molar-refractivity contribution >= 4 is 44.8 Å². The number of carbonyl (C=O) groups is 1. The van der Waals surface area contributed by atoms with Gasteiger partial charge in [0, 0.05) is 5.02 Å². The van der Waals surface area contributed by atoms with Gasteiger partial charge in [-0.1, -0.05) is 35.3 Å². The molecule has 0 fully saturated rings. The summed E-state index contributed by atoms with van der Waals surface area (Å²) in [6.07, 6.45) is 0. The van der Waals surface area contributed by atoms with Crippen molar-refractivity contribution in [2.24, 2.45) is 5.14 Å². The van der Waals surface area contributed by atoms with E-state index in [0.29, 0.717) is 5.02 Å². The molecule has 2 rings (SSSR count). The monoisotopic (exact) mass is 344 g/mol. The summed E-state index contributed by atoms with van der Waals surface area (Å²) < 4.78 is 22.9. The first kappa shape index (κ1) is 15.8. The molecule has 5 nitrogen and oxygen atoms in total. The second-order valence-electron chi connectivity index (χ2n) is 4.12. The maximum atomic E-state index is 12.2. The van der Waals surface area contributed by atoms with Crippen molar-refractivity contribution in [3.63, 3.8) is 0 Å². The van der Waals surface area contributed by atoms with Gasteiger partial charge in [0.1, 0.15) is 4.90 Å². The fraction of sp³-hybridized carbons (Fsp3) is 0. The Labute approximate surface area is 131 Å². The van der Waals surface area contributed by atoms with E-state index in [4.69, 9.17) is 28.3 Å². The molecule has 0 aliphatic heterocycles. The number of amides is 1. The molecule has 0 aliphatic rings. The summed E-state index contributed by atoms with van der Waals surface area (Å²) in [5.41, 5.74) is 0.251. The average molecular weight is 345 g/mol. The zero-order valence-corrected chi connectivity index (χ0v) is 12.8. The van der Waals surface area contributed by atoms with Gasteiger partial charge in [0.25, 0.3) is 5.91 Å². The van der Waals surface area contributed by atoms with Gasteiger partial charge in [-0.15, -0.1) is 0 Å². The van der Waals surface area contributed by atoms with Crippen LogP contribution in [0.2, 0.25) is 10.0 Å². The molecular weight excluding hydrogens is 335 g/mol. The lowest BCUT2D eigenvalue weighted by atomic mass is 10.2. The van der Waals surface area contributed by atoms with Crippen molar-refractivity contribution in [3.8, 4) is 0 Å². The Morgan fingerprint density at radius 2 is 1.76 bits per heavy atom. The van der Waals surface area contributed by atoms with Crippen molar-refractivity contribution in [1.29, 1.82) is 0 Å². The predicted molar refractivity (Wildman–Crippen MR) is 82.2 cm³/mol. The summed E-state index contributed by atoms with van der Waals surface area (Å²) in [5.74, 6) is -0.562. The number of rotatable bonds is 3. The van der Waals surface area contributed by atoms with E-state index in [1.54, 1.807) is 6.07 Å². The van der Waals surface area contributed by atoms with Gasteiger partial charge in [-0.3, -0.25) is 4.79 Å². The molecule has 0 heterocycles. The smallest absolute Gasteiger partial charge is 0.257 e. The van der Waals surface area contributed by atoms with Crippen LogP contribution in [-0.2, 0) is 10.0 Å². The zero-order valence-electron chi connectivity index (χ0n) is 10.5. The normalized spacial score (nSPS) is 11.2. The molecule has 0 bridgehead atoms. The third-order valence-corrected chi connectivity index (χ3v) is 4.13. The molecule has 0 saturated carbocycles. The van der Waals surface area contributed by atoms with Gasteiger partial charge in [0.2, 0.25) is 10.0 Å². The number of primary sulfonamides is 1. The predicted octanol–water partition coefficient (Wildman–Crippen LogP) is 2.89. The van der Waals surface area contributed by atoms with Crippen LogP contribution in [0.3, 0.4) is 0 Å². The highest BCUT2D eigenvalue weighted by atomic mass is 35.5. The van der Waals surface area contributed by atoms with E-state index in [0.717, 1.165) is 0 Å². The lowest BCUT2D eigenvalue weighted by Gasteiger charge is -2.10. The number of hydrogen-bond donors (Lipinski definition) is 2. The van der Waals surface area contributed by atoms with E-state index in [9.17, 15) is 13.2 Å². The second kappa shape index (κ2) is 6.03. The molecule has 0 aliphatic carbocycles. The summed E-state index contributed by atoms with van der Waals surface area (Å²) in [4.78, 5) is 12.0. The van der Waals surface area contributed by atoms with Crippen LogP contribution in [-0.4, -0.2) is 14.3 Å². The van der Waals surface area contributed by atoms with Crippen LogP contribution in [0.5, 0.6) is 0 Å². The number of nitrogens with two attached hydrogens (primary N) is 1. The molecule has 110 valence electrons. The van der Waals surface area contributed by atoms with E-state index in [1.165, 1.54) is 36.4 Å². The number of sulfonamides is 1. The number of carbonyl (C=O) groups excluding carboxylic acids is 1. The Morgan fingerprint density at radius 1 is 1.10 bits per heavy atom. The maximum Gasteiger partial charge on any atom is 0.257 e. The zero-order chi connectivity index (χ0) is 15.6. The lowest BCUT2D eigenvalue weighted by molar-refractivity contribution is 0.102. The fourth-order valence-electron chi connectivity index (χ4n) is 1.68. The standard InChI is InChI=1S/C13H10Cl2N2O3S/c14-8-5-6-9(10(15)7-8)13(18)17-11-3-1-2-4-12(11)21(16,19)20/h1-7H,(H,17,18)(H2,16,19,20). The Hall–Kier alpha value is -1.60. The number of nitrogens with one attached hydrogen (secondary N) is 1. The first-order valence-corrected chi connectivity index (χ1v) is 7.97. The van der Waals surface area contributed by atoms with Gasteiger partial charge in [-0.2, -0.15) is 0 Å². The molecule has 0 unspecified atom stereocenters. The SMILES string of the molecule is NS(=O)(=O)c1ccccc1NC(=O)c1ccc(Cl)cc1Cl. The minimum absolute atomic E-state index is 0.0796. The van der Waals surface area contributed by atoms with Crippen LogP contribution in [0.4, 0.5) is 5.69 Å². The van der Waals surface area contributed by atoms with Crippen LogP contribution in [0, 0.1) is 0 Å². The minimum atomic E-state index is -3.95. The topological polar surface area (TPSA) is 89.3 Å². The number of benzene rings is 2. The Bertz CT molecular complexity index is 807. The minimum Gasteiger partial charge on any atom is -0.321 e. The highest BCUT2D eigenvalue weighted by Gasteiger charge is 2.17. The first-order chi connectivity index (χ1) is 9.79. The van der Waals surface area contributed by atoms with Crippen LogP contribution >= 0.6 is 23.2 Å². The molecule has 0 radical (unpaired) electrons. The van der Waals surface area contributed by atoms with Crippen molar-refractivity contribution < 1.29 is 13.2 Å². The average Bonchev–Trinajstić information content (AvgIpc) is 2.37. The molecular formula is C13H10Cl2N2O3S. The van der Waals surface area contributed by atoms with E-state index in [2.05, 4.69) is 5.32 Å². The van der Waals surface area contributed by atoms with Crippen LogP contribution in [0.25, 0.3) is 0 Å².